The van der Waals surface area contributed by atoms with Crippen molar-refractivity contribution >= 4 is 11.9 Å². The fourth-order valence-corrected chi connectivity index (χ4v) is 3.11. The second-order valence-electron chi connectivity index (χ2n) is 6.41. The lowest BCUT2D eigenvalue weighted by Gasteiger charge is -2.20. The topological polar surface area (TPSA) is 84.5 Å². The van der Waals surface area contributed by atoms with Crippen LogP contribution in [0.4, 0.5) is 10.6 Å². The minimum Gasteiger partial charge on any atom is -0.497 e. The van der Waals surface area contributed by atoms with Crippen molar-refractivity contribution < 1.29 is 14.3 Å². The lowest BCUT2D eigenvalue weighted by Crippen LogP contribution is -2.39. The lowest BCUT2D eigenvalue weighted by molar-refractivity contribution is 0.0904. The van der Waals surface area contributed by atoms with E-state index in [1.165, 1.54) is 5.56 Å². The molecule has 2 aromatic rings. The minimum absolute atomic E-state index is 0.121. The van der Waals surface area contributed by atoms with Gasteiger partial charge in [0.05, 0.1) is 7.11 Å². The van der Waals surface area contributed by atoms with Crippen LogP contribution in [0, 0.1) is 0 Å². The second kappa shape index (κ2) is 9.78. The number of carbonyl (C=O) groups excluding carboxylic acids is 1. The fraction of sp³-hybridized carbons (Fsp3) is 0.400. The van der Waals surface area contributed by atoms with Crippen LogP contribution in [0.15, 0.2) is 48.7 Å². The summed E-state index contributed by atoms with van der Waals surface area (Å²) in [5.74, 6) is 1.62. The average molecular weight is 370 g/mol. The summed E-state index contributed by atoms with van der Waals surface area (Å²) >= 11 is 0. The first kappa shape index (κ1) is 19.0. The highest BCUT2D eigenvalue weighted by Gasteiger charge is 2.30. The van der Waals surface area contributed by atoms with Gasteiger partial charge in [-0.2, -0.15) is 0 Å². The summed E-state index contributed by atoms with van der Waals surface area (Å²) in [5.41, 5.74) is 1.18. The largest absolute Gasteiger partial charge is 0.497 e. The van der Waals surface area contributed by atoms with Crippen LogP contribution in [0.1, 0.15) is 12.0 Å². The predicted octanol–water partition coefficient (Wildman–Crippen LogP) is 2.20. The van der Waals surface area contributed by atoms with Crippen molar-refractivity contribution in [1.82, 2.24) is 15.6 Å². The molecule has 0 bridgehead atoms. The number of benzene rings is 1. The van der Waals surface area contributed by atoms with E-state index >= 15 is 0 Å². The van der Waals surface area contributed by atoms with Gasteiger partial charge >= 0.3 is 6.09 Å². The monoisotopic (exact) mass is 370 g/mol. The van der Waals surface area contributed by atoms with Gasteiger partial charge in [-0.05, 0) is 49.2 Å². The van der Waals surface area contributed by atoms with Crippen molar-refractivity contribution in [2.75, 3.05) is 32.1 Å². The molecule has 0 unspecified atom stereocenters. The average Bonchev–Trinajstić information content (AvgIpc) is 3.13. The van der Waals surface area contributed by atoms with Crippen LogP contribution in [0.3, 0.4) is 0 Å². The number of anilines is 1. The summed E-state index contributed by atoms with van der Waals surface area (Å²) in [5, 5.41) is 9.35. The Morgan fingerprint density at radius 1 is 1.22 bits per heavy atom. The molecule has 0 spiro atoms. The quantitative estimate of drug-likeness (QED) is 0.618. The fourth-order valence-electron chi connectivity index (χ4n) is 3.11. The maximum absolute atomic E-state index is 12.1. The molecule has 3 N–H and O–H groups in total. The van der Waals surface area contributed by atoms with E-state index in [1.807, 2.05) is 42.5 Å². The Morgan fingerprint density at radius 3 is 2.81 bits per heavy atom. The van der Waals surface area contributed by atoms with Gasteiger partial charge in [-0.3, -0.25) is 0 Å². The van der Waals surface area contributed by atoms with E-state index < -0.39 is 0 Å². The van der Waals surface area contributed by atoms with Crippen LogP contribution in [0.5, 0.6) is 5.75 Å². The summed E-state index contributed by atoms with van der Waals surface area (Å²) in [6.45, 7) is 1.91. The van der Waals surface area contributed by atoms with E-state index in [9.17, 15) is 4.79 Å². The zero-order valence-electron chi connectivity index (χ0n) is 15.5. The van der Waals surface area contributed by atoms with Crippen LogP contribution in [0.2, 0.25) is 0 Å². The minimum atomic E-state index is -0.383. The summed E-state index contributed by atoms with van der Waals surface area (Å²) in [6, 6.07) is 13.7. The van der Waals surface area contributed by atoms with Gasteiger partial charge in [0.2, 0.25) is 0 Å². The molecular formula is C20H26N4O3. The molecule has 27 heavy (non-hydrogen) atoms. The number of hydrogen-bond acceptors (Lipinski definition) is 6. The Morgan fingerprint density at radius 2 is 2.07 bits per heavy atom. The molecule has 0 radical (unpaired) electrons. The Balaban J connectivity index is 1.39. The number of nitrogens with one attached hydrogen (secondary N) is 3. The van der Waals surface area contributed by atoms with E-state index in [1.54, 1.807) is 13.3 Å². The van der Waals surface area contributed by atoms with Crippen molar-refractivity contribution in [2.24, 2.45) is 0 Å². The van der Waals surface area contributed by atoms with E-state index in [2.05, 4.69) is 20.9 Å². The zero-order valence-corrected chi connectivity index (χ0v) is 15.5. The van der Waals surface area contributed by atoms with E-state index in [0.717, 1.165) is 31.0 Å². The Kier molecular flexibility index (Phi) is 6.87. The van der Waals surface area contributed by atoms with Gasteiger partial charge in [-0.1, -0.05) is 18.2 Å². The first-order valence-corrected chi connectivity index (χ1v) is 9.20. The van der Waals surface area contributed by atoms with E-state index in [-0.39, 0.29) is 18.2 Å². The Labute approximate surface area is 159 Å². The van der Waals surface area contributed by atoms with Crippen molar-refractivity contribution in [2.45, 2.75) is 25.0 Å². The molecule has 0 aliphatic carbocycles. The normalized spacial score (nSPS) is 18.7. The standard InChI is InChI=1S/C20H26N4O3/c1-26-16-7-5-15(6-8-16)14-17-18(9-11-21-17)27-20(25)24-13-12-23-19-4-2-3-10-22-19/h2-8,10,17-18,21H,9,11-14H2,1H3,(H,22,23)(H,24,25)/t17-,18-/m1/s1. The highest BCUT2D eigenvalue weighted by atomic mass is 16.6. The third kappa shape index (κ3) is 5.86. The number of hydrogen-bond donors (Lipinski definition) is 3. The first-order chi connectivity index (χ1) is 13.2. The molecule has 2 atom stereocenters. The SMILES string of the molecule is COc1ccc(C[C@H]2NCC[C@H]2OC(=O)NCCNc2ccccn2)cc1. The van der Waals surface area contributed by atoms with Gasteiger partial charge in [0, 0.05) is 25.3 Å². The molecular weight excluding hydrogens is 344 g/mol. The predicted molar refractivity (Wildman–Crippen MR) is 104 cm³/mol. The molecule has 1 aromatic carbocycles. The van der Waals surface area contributed by atoms with Crippen LogP contribution in [0.25, 0.3) is 0 Å². The van der Waals surface area contributed by atoms with Crippen LogP contribution >= 0.6 is 0 Å². The van der Waals surface area contributed by atoms with Crippen molar-refractivity contribution in [1.29, 1.82) is 0 Å². The number of alkyl carbamates (subject to hydrolysis) is 1. The molecule has 7 nitrogen and oxygen atoms in total. The van der Waals surface area contributed by atoms with Crippen LogP contribution in [-0.2, 0) is 11.2 Å². The number of ether oxygens (including phenoxy) is 2. The Bertz CT molecular complexity index is 709. The number of rotatable bonds is 8. The second-order valence-corrected chi connectivity index (χ2v) is 6.41. The number of methoxy groups -OCH3 is 1. The highest BCUT2D eigenvalue weighted by molar-refractivity contribution is 5.67. The summed E-state index contributed by atoms with van der Waals surface area (Å²) < 4.78 is 10.8. The summed E-state index contributed by atoms with van der Waals surface area (Å²) in [4.78, 5) is 16.2. The number of nitrogens with zero attached hydrogens (tertiary/aromatic N) is 1. The Hall–Kier alpha value is -2.80. The number of aromatic nitrogens is 1. The van der Waals surface area contributed by atoms with E-state index in [4.69, 9.17) is 9.47 Å². The number of amides is 1. The van der Waals surface area contributed by atoms with Gasteiger partial charge in [0.1, 0.15) is 17.7 Å². The van der Waals surface area contributed by atoms with E-state index in [0.29, 0.717) is 13.1 Å². The van der Waals surface area contributed by atoms with Gasteiger partial charge in [-0.15, -0.1) is 0 Å². The smallest absolute Gasteiger partial charge is 0.407 e. The molecule has 1 aliphatic heterocycles. The lowest BCUT2D eigenvalue weighted by atomic mass is 10.0. The number of carbonyl (C=O) groups is 1. The van der Waals surface area contributed by atoms with Crippen LogP contribution < -0.4 is 20.7 Å². The third-order valence-corrected chi connectivity index (χ3v) is 4.52. The zero-order chi connectivity index (χ0) is 18.9. The molecule has 1 fully saturated rings. The van der Waals surface area contributed by atoms with Crippen molar-refractivity contribution in [3.05, 3.63) is 54.2 Å². The molecule has 1 amide bonds. The molecule has 7 heteroatoms. The molecule has 1 aliphatic rings. The van der Waals surface area contributed by atoms with Crippen molar-refractivity contribution in [3.8, 4) is 5.75 Å². The van der Waals surface area contributed by atoms with Gasteiger partial charge in [-0.25, -0.2) is 9.78 Å². The third-order valence-electron chi connectivity index (χ3n) is 4.52. The first-order valence-electron chi connectivity index (χ1n) is 9.20. The van der Waals surface area contributed by atoms with Crippen molar-refractivity contribution in [3.63, 3.8) is 0 Å². The van der Waals surface area contributed by atoms with Gasteiger partial charge < -0.3 is 25.4 Å². The molecule has 2 heterocycles. The van der Waals surface area contributed by atoms with Crippen LogP contribution in [-0.4, -0.2) is 50.0 Å². The molecule has 3 rings (SSSR count). The maximum Gasteiger partial charge on any atom is 0.407 e. The highest BCUT2D eigenvalue weighted by Crippen LogP contribution is 2.18. The van der Waals surface area contributed by atoms with Gasteiger partial charge in [0.25, 0.3) is 0 Å². The number of pyridine rings is 1. The summed E-state index contributed by atoms with van der Waals surface area (Å²) in [7, 11) is 1.65. The molecule has 1 saturated heterocycles. The maximum atomic E-state index is 12.1. The molecule has 1 aromatic heterocycles. The van der Waals surface area contributed by atoms with Gasteiger partial charge in [0.15, 0.2) is 0 Å². The summed E-state index contributed by atoms with van der Waals surface area (Å²) in [6.07, 6.45) is 2.84. The molecule has 144 valence electrons. The molecule has 0 saturated carbocycles.